The van der Waals surface area contributed by atoms with Gasteiger partial charge in [-0.05, 0) is 31.5 Å². The minimum Gasteiger partial charge on any atom is -0.328 e. The Kier molecular flexibility index (Phi) is 2.75. The van der Waals surface area contributed by atoms with Gasteiger partial charge in [0.15, 0.2) is 5.82 Å². The first-order chi connectivity index (χ1) is 10.6. The zero-order valence-electron chi connectivity index (χ0n) is 12.5. The van der Waals surface area contributed by atoms with Crippen molar-refractivity contribution in [3.8, 4) is 0 Å². The van der Waals surface area contributed by atoms with Gasteiger partial charge in [-0.3, -0.25) is 4.79 Å². The zero-order chi connectivity index (χ0) is 15.3. The summed E-state index contributed by atoms with van der Waals surface area (Å²) in [6, 6.07) is 3.96. The summed E-state index contributed by atoms with van der Waals surface area (Å²) in [4.78, 5) is 18.9. The van der Waals surface area contributed by atoms with Gasteiger partial charge in [-0.25, -0.2) is 4.98 Å². The molecule has 1 aliphatic rings. The standard InChI is InChI=1S/C15H16N6O/c1-10-3-4-19-8-12(16-13(19)7-10)15(22)20-5-6-21-11(2)17-18-14(21)9-20/h3-4,7-8H,5-6,9H2,1-2H3. The van der Waals surface area contributed by atoms with Crippen LogP contribution in [-0.4, -0.2) is 41.5 Å². The maximum absolute atomic E-state index is 12.7. The molecule has 1 amide bonds. The molecule has 0 aromatic carbocycles. The second kappa shape index (κ2) is 4.66. The highest BCUT2D eigenvalue weighted by Gasteiger charge is 2.25. The van der Waals surface area contributed by atoms with Gasteiger partial charge in [-0.2, -0.15) is 0 Å². The molecule has 0 spiro atoms. The molecule has 4 rings (SSSR count). The average molecular weight is 296 g/mol. The number of hydrogen-bond acceptors (Lipinski definition) is 4. The normalized spacial score (nSPS) is 14.4. The molecule has 3 aromatic rings. The van der Waals surface area contributed by atoms with E-state index in [2.05, 4.69) is 19.7 Å². The quantitative estimate of drug-likeness (QED) is 0.676. The average Bonchev–Trinajstić information content (AvgIpc) is 3.09. The van der Waals surface area contributed by atoms with Gasteiger partial charge in [-0.15, -0.1) is 10.2 Å². The predicted molar refractivity (Wildman–Crippen MR) is 79.4 cm³/mol. The maximum Gasteiger partial charge on any atom is 0.274 e. The highest BCUT2D eigenvalue weighted by molar-refractivity contribution is 5.93. The Morgan fingerprint density at radius 2 is 2.09 bits per heavy atom. The molecule has 4 heterocycles. The summed E-state index contributed by atoms with van der Waals surface area (Å²) < 4.78 is 3.92. The molecule has 0 saturated carbocycles. The molecule has 0 bridgehead atoms. The molecule has 7 nitrogen and oxygen atoms in total. The molecule has 0 unspecified atom stereocenters. The van der Waals surface area contributed by atoms with E-state index in [9.17, 15) is 4.79 Å². The van der Waals surface area contributed by atoms with Gasteiger partial charge in [0, 0.05) is 25.5 Å². The fourth-order valence-corrected chi connectivity index (χ4v) is 2.83. The summed E-state index contributed by atoms with van der Waals surface area (Å²) in [5, 5.41) is 8.19. The van der Waals surface area contributed by atoms with E-state index < -0.39 is 0 Å². The largest absolute Gasteiger partial charge is 0.328 e. The third-order valence-corrected chi connectivity index (χ3v) is 4.06. The summed E-state index contributed by atoms with van der Waals surface area (Å²) in [5.41, 5.74) is 2.38. The molecular weight excluding hydrogens is 280 g/mol. The van der Waals surface area contributed by atoms with Crippen LogP contribution >= 0.6 is 0 Å². The molecule has 0 atom stereocenters. The summed E-state index contributed by atoms with van der Waals surface area (Å²) in [7, 11) is 0. The van der Waals surface area contributed by atoms with Crippen LogP contribution in [0.25, 0.3) is 5.65 Å². The molecule has 7 heteroatoms. The Bertz CT molecular complexity index is 877. The topological polar surface area (TPSA) is 68.3 Å². The minimum atomic E-state index is -0.0618. The fourth-order valence-electron chi connectivity index (χ4n) is 2.83. The van der Waals surface area contributed by atoms with Crippen molar-refractivity contribution in [1.82, 2.24) is 29.0 Å². The number of hydrogen-bond donors (Lipinski definition) is 0. The van der Waals surface area contributed by atoms with Crippen molar-refractivity contribution < 1.29 is 4.79 Å². The Morgan fingerprint density at radius 3 is 2.95 bits per heavy atom. The number of amides is 1. The molecule has 0 radical (unpaired) electrons. The van der Waals surface area contributed by atoms with Crippen LogP contribution in [0.5, 0.6) is 0 Å². The van der Waals surface area contributed by atoms with Crippen molar-refractivity contribution in [3.63, 3.8) is 0 Å². The van der Waals surface area contributed by atoms with E-state index in [0.717, 1.165) is 29.4 Å². The van der Waals surface area contributed by atoms with Crippen LogP contribution in [-0.2, 0) is 13.1 Å². The zero-order valence-corrected chi connectivity index (χ0v) is 12.5. The number of rotatable bonds is 1. The van der Waals surface area contributed by atoms with Crippen LogP contribution in [0.4, 0.5) is 0 Å². The van der Waals surface area contributed by atoms with Crippen molar-refractivity contribution in [1.29, 1.82) is 0 Å². The van der Waals surface area contributed by atoms with Crippen LogP contribution in [0.1, 0.15) is 27.7 Å². The van der Waals surface area contributed by atoms with E-state index in [1.165, 1.54) is 0 Å². The van der Waals surface area contributed by atoms with Crippen molar-refractivity contribution in [2.45, 2.75) is 26.9 Å². The fraction of sp³-hybridized carbons (Fsp3) is 0.333. The van der Waals surface area contributed by atoms with Crippen molar-refractivity contribution in [2.75, 3.05) is 6.54 Å². The number of carbonyl (C=O) groups is 1. The number of imidazole rings is 1. The van der Waals surface area contributed by atoms with Crippen molar-refractivity contribution in [3.05, 3.63) is 47.4 Å². The van der Waals surface area contributed by atoms with Gasteiger partial charge in [-0.1, -0.05) is 0 Å². The van der Waals surface area contributed by atoms with Crippen LogP contribution in [0.2, 0.25) is 0 Å². The predicted octanol–water partition coefficient (Wildman–Crippen LogP) is 1.20. The lowest BCUT2D eigenvalue weighted by Gasteiger charge is -2.26. The number of aryl methyl sites for hydroxylation is 2. The third-order valence-electron chi connectivity index (χ3n) is 4.06. The van der Waals surface area contributed by atoms with E-state index in [-0.39, 0.29) is 5.91 Å². The van der Waals surface area contributed by atoms with Crippen LogP contribution in [0.15, 0.2) is 24.5 Å². The molecule has 1 aliphatic heterocycles. The van der Waals surface area contributed by atoms with Crippen LogP contribution < -0.4 is 0 Å². The summed E-state index contributed by atoms with van der Waals surface area (Å²) in [6.07, 6.45) is 3.70. The van der Waals surface area contributed by atoms with Gasteiger partial charge in [0.05, 0.1) is 6.54 Å². The lowest BCUT2D eigenvalue weighted by molar-refractivity contribution is 0.0701. The number of fused-ring (bicyclic) bond motifs is 2. The molecule has 0 saturated heterocycles. The van der Waals surface area contributed by atoms with Gasteiger partial charge >= 0.3 is 0 Å². The van der Waals surface area contributed by atoms with Crippen molar-refractivity contribution >= 4 is 11.6 Å². The monoisotopic (exact) mass is 296 g/mol. The lowest BCUT2D eigenvalue weighted by atomic mass is 10.3. The summed E-state index contributed by atoms with van der Waals surface area (Å²) in [5.74, 6) is 1.66. The molecule has 112 valence electrons. The minimum absolute atomic E-state index is 0.0618. The first-order valence-electron chi connectivity index (χ1n) is 7.25. The lowest BCUT2D eigenvalue weighted by Crippen LogP contribution is -2.38. The van der Waals surface area contributed by atoms with Crippen molar-refractivity contribution in [2.24, 2.45) is 0 Å². The maximum atomic E-state index is 12.7. The van der Waals surface area contributed by atoms with Gasteiger partial charge in [0.2, 0.25) is 0 Å². The second-order valence-electron chi connectivity index (χ2n) is 5.64. The van der Waals surface area contributed by atoms with E-state index in [0.29, 0.717) is 18.8 Å². The smallest absolute Gasteiger partial charge is 0.274 e. The first-order valence-corrected chi connectivity index (χ1v) is 7.25. The second-order valence-corrected chi connectivity index (χ2v) is 5.64. The summed E-state index contributed by atoms with van der Waals surface area (Å²) in [6.45, 7) is 5.80. The molecule has 3 aromatic heterocycles. The molecule has 22 heavy (non-hydrogen) atoms. The Hall–Kier alpha value is -2.70. The van der Waals surface area contributed by atoms with E-state index in [4.69, 9.17) is 0 Å². The van der Waals surface area contributed by atoms with E-state index in [1.54, 1.807) is 11.1 Å². The van der Waals surface area contributed by atoms with Gasteiger partial charge in [0.1, 0.15) is 17.2 Å². The Morgan fingerprint density at radius 1 is 1.23 bits per heavy atom. The van der Waals surface area contributed by atoms with E-state index in [1.807, 2.05) is 36.6 Å². The SMILES string of the molecule is Cc1ccn2cc(C(=O)N3CCn4c(C)nnc4C3)nc2c1. The number of nitrogens with zero attached hydrogens (tertiary/aromatic N) is 6. The Labute approximate surface area is 127 Å². The highest BCUT2D eigenvalue weighted by Crippen LogP contribution is 2.15. The summed E-state index contributed by atoms with van der Waals surface area (Å²) >= 11 is 0. The number of pyridine rings is 1. The van der Waals surface area contributed by atoms with Gasteiger partial charge in [0.25, 0.3) is 5.91 Å². The molecule has 0 aliphatic carbocycles. The Balaban J connectivity index is 1.63. The van der Waals surface area contributed by atoms with Crippen LogP contribution in [0.3, 0.4) is 0 Å². The van der Waals surface area contributed by atoms with Crippen LogP contribution in [0, 0.1) is 13.8 Å². The first kappa shape index (κ1) is 13.0. The number of carbonyl (C=O) groups excluding carboxylic acids is 1. The molecular formula is C15H16N6O. The van der Waals surface area contributed by atoms with Gasteiger partial charge < -0.3 is 13.9 Å². The third kappa shape index (κ3) is 1.97. The highest BCUT2D eigenvalue weighted by atomic mass is 16.2. The number of aromatic nitrogens is 5. The van der Waals surface area contributed by atoms with E-state index >= 15 is 0 Å². The molecule has 0 N–H and O–H groups in total. The molecule has 0 fully saturated rings.